The summed E-state index contributed by atoms with van der Waals surface area (Å²) in [5, 5.41) is 0. The van der Waals surface area contributed by atoms with E-state index in [9.17, 15) is 4.20 Å². The number of hydrogen-bond acceptors (Lipinski definition) is 1. The maximum Gasteiger partial charge on any atom is 0.600 e. The van der Waals surface area contributed by atoms with Crippen LogP contribution in [0.5, 0.6) is 0 Å². The lowest BCUT2D eigenvalue weighted by Crippen LogP contribution is -1.70. The van der Waals surface area contributed by atoms with Gasteiger partial charge in [-0.15, -0.1) is 0 Å². The zero-order chi connectivity index (χ0) is 4.78. The van der Waals surface area contributed by atoms with E-state index in [1.165, 1.54) is 6.66 Å². The van der Waals surface area contributed by atoms with E-state index in [1.807, 2.05) is 0 Å². The predicted molar refractivity (Wildman–Crippen MR) is 26.7 cm³/mol. The Hall–Kier alpha value is 0.385. The molecule has 4 heteroatoms. The van der Waals surface area contributed by atoms with Crippen molar-refractivity contribution in [2.75, 3.05) is 6.66 Å². The number of halogens is 1. The fourth-order valence-electron chi connectivity index (χ4n) is 0.271. The van der Waals surface area contributed by atoms with Gasteiger partial charge in [-0.3, -0.25) is 0 Å². The second-order valence-electron chi connectivity index (χ2n) is 1.59. The van der Waals surface area contributed by atoms with Gasteiger partial charge >= 0.3 is 14.3 Å². The molecule has 0 aromatic carbocycles. The molecule has 0 aromatic rings. The summed E-state index contributed by atoms with van der Waals surface area (Å²) in [7, 11) is -2.23. The van der Waals surface area contributed by atoms with Crippen molar-refractivity contribution in [2.24, 2.45) is 0 Å². The maximum atomic E-state index is 12.1. The van der Waals surface area contributed by atoms with Crippen LogP contribution in [0.2, 0.25) is 6.82 Å². The van der Waals surface area contributed by atoms with Gasteiger partial charge in [0.25, 0.3) is 0 Å². The van der Waals surface area contributed by atoms with Crippen molar-refractivity contribution in [1.29, 1.82) is 0 Å². The van der Waals surface area contributed by atoms with Gasteiger partial charge in [0.1, 0.15) is 0 Å². The minimum atomic E-state index is -2.23. The van der Waals surface area contributed by atoms with Crippen molar-refractivity contribution < 1.29 is 8.64 Å². The van der Waals surface area contributed by atoms with Gasteiger partial charge in [0.15, 0.2) is 0 Å². The first kappa shape index (κ1) is 4.54. The van der Waals surface area contributed by atoms with Crippen molar-refractivity contribution in [1.82, 2.24) is 0 Å². The largest absolute Gasteiger partial charge is 0.600 e. The van der Waals surface area contributed by atoms with Crippen LogP contribution in [-0.4, -0.2) is 13.3 Å². The van der Waals surface area contributed by atoms with Crippen molar-refractivity contribution in [2.45, 2.75) is 6.82 Å². The first-order chi connectivity index (χ1) is 2.63. The van der Waals surface area contributed by atoms with Crippen LogP contribution >= 0.6 is 7.68 Å². The van der Waals surface area contributed by atoms with E-state index in [2.05, 4.69) is 4.44 Å². The average Bonchev–Trinajstić information content (AvgIpc) is 1.73. The molecule has 1 saturated heterocycles. The molecular formula is C2H6BFOP+. The molecule has 1 nitrogen and oxygen atoms in total. The quantitative estimate of drug-likeness (QED) is 0.260. The third-order valence-electron chi connectivity index (χ3n) is 0.963. The molecule has 0 aliphatic carbocycles. The zero-order valence-corrected chi connectivity index (χ0v) is 4.71. The van der Waals surface area contributed by atoms with E-state index in [-0.39, 0.29) is 6.64 Å². The molecule has 1 aliphatic rings. The standard InChI is InChI=1S/C2H6BFOP/c1-3-5-6(3,2)4/h1-2H3/q+1. The van der Waals surface area contributed by atoms with Gasteiger partial charge in [0.05, 0.1) is 6.66 Å². The Morgan fingerprint density at radius 2 is 2.00 bits per heavy atom. The lowest BCUT2D eigenvalue weighted by Gasteiger charge is -1.67. The molecule has 0 saturated carbocycles. The van der Waals surface area contributed by atoms with Crippen molar-refractivity contribution in [3.8, 4) is 0 Å². The Kier molecular flexibility index (Phi) is 0.727. The van der Waals surface area contributed by atoms with Gasteiger partial charge < -0.3 is 0 Å². The Balaban J connectivity index is 2.41. The molecule has 1 rings (SSSR count). The van der Waals surface area contributed by atoms with Crippen LogP contribution in [0, 0.1) is 0 Å². The maximum absolute atomic E-state index is 12.1. The summed E-state index contributed by atoms with van der Waals surface area (Å²) in [5.41, 5.74) is 0. The van der Waals surface area contributed by atoms with Crippen LogP contribution < -0.4 is 0 Å². The average molecular weight is 107 g/mol. The van der Waals surface area contributed by atoms with Gasteiger partial charge in [-0.25, -0.2) is 4.44 Å². The van der Waals surface area contributed by atoms with Crippen molar-refractivity contribution in [3.05, 3.63) is 0 Å². The normalized spacial score (nSPS) is 43.5. The van der Waals surface area contributed by atoms with Crippen molar-refractivity contribution >= 4 is 14.3 Å². The molecule has 0 spiro atoms. The first-order valence-electron chi connectivity index (χ1n) is 1.87. The highest BCUT2D eigenvalue weighted by molar-refractivity contribution is 8.06. The Morgan fingerprint density at radius 3 is 2.00 bits per heavy atom. The van der Waals surface area contributed by atoms with E-state index in [0.29, 0.717) is 0 Å². The predicted octanol–water partition coefficient (Wildman–Crippen LogP) is 1.58. The number of rotatable bonds is 0. The van der Waals surface area contributed by atoms with Gasteiger partial charge in [-0.1, -0.05) is 0 Å². The van der Waals surface area contributed by atoms with Crippen LogP contribution in [0.15, 0.2) is 0 Å². The van der Waals surface area contributed by atoms with Gasteiger partial charge in [0.2, 0.25) is 0 Å². The Labute approximate surface area is 37.5 Å². The minimum absolute atomic E-state index is 0.0579. The van der Waals surface area contributed by atoms with E-state index < -0.39 is 7.68 Å². The fraction of sp³-hybridized carbons (Fsp3) is 1.00. The van der Waals surface area contributed by atoms with E-state index in [4.69, 9.17) is 0 Å². The molecule has 1 aliphatic heterocycles. The summed E-state index contributed by atoms with van der Waals surface area (Å²) in [4.78, 5) is 0. The lowest BCUT2D eigenvalue weighted by molar-refractivity contribution is 0.678. The smallest absolute Gasteiger partial charge is 0.216 e. The van der Waals surface area contributed by atoms with Crippen LogP contribution in [0.3, 0.4) is 0 Å². The molecule has 0 aromatic heterocycles. The summed E-state index contributed by atoms with van der Waals surface area (Å²) in [6.07, 6.45) is 0. The van der Waals surface area contributed by atoms with E-state index >= 15 is 0 Å². The molecule has 1 fully saturated rings. The van der Waals surface area contributed by atoms with Gasteiger partial charge in [0, 0.05) is 0 Å². The van der Waals surface area contributed by atoms with Crippen LogP contribution in [-0.2, 0) is 4.44 Å². The monoisotopic (exact) mass is 107 g/mol. The molecule has 1 heterocycles. The SMILES string of the molecule is CB1O[P+]1(C)F. The summed E-state index contributed by atoms with van der Waals surface area (Å²) in [5.74, 6) is 0. The van der Waals surface area contributed by atoms with E-state index in [0.717, 1.165) is 0 Å². The van der Waals surface area contributed by atoms with Gasteiger partial charge in [-0.2, -0.15) is 0 Å². The van der Waals surface area contributed by atoms with Crippen LogP contribution in [0.25, 0.3) is 0 Å². The lowest BCUT2D eigenvalue weighted by atomic mass is 10.1. The fourth-order valence-corrected chi connectivity index (χ4v) is 1.20. The molecule has 0 N–H and O–H groups in total. The second-order valence-corrected chi connectivity index (χ2v) is 4.29. The molecule has 0 radical (unpaired) electrons. The van der Waals surface area contributed by atoms with Crippen LogP contribution in [0.1, 0.15) is 0 Å². The first-order valence-corrected chi connectivity index (χ1v) is 3.98. The summed E-state index contributed by atoms with van der Waals surface area (Å²) < 4.78 is 16.6. The molecule has 34 valence electrons. The third kappa shape index (κ3) is 0.570. The Morgan fingerprint density at radius 1 is 1.83 bits per heavy atom. The van der Waals surface area contributed by atoms with E-state index in [1.54, 1.807) is 6.82 Å². The zero-order valence-electron chi connectivity index (χ0n) is 3.81. The highest BCUT2D eigenvalue weighted by atomic mass is 31.2. The second kappa shape index (κ2) is 0.960. The third-order valence-corrected chi connectivity index (χ3v) is 2.89. The molecule has 1 atom stereocenters. The van der Waals surface area contributed by atoms with Gasteiger partial charge in [-0.05, 0) is 11.0 Å². The molecule has 0 amide bonds. The molecule has 0 bridgehead atoms. The highest BCUT2D eigenvalue weighted by Gasteiger charge is 2.70. The number of hydrogen-bond donors (Lipinski definition) is 0. The molecule has 1 unspecified atom stereocenters. The summed E-state index contributed by atoms with van der Waals surface area (Å²) in [6, 6.07) is 0. The topological polar surface area (TPSA) is 12.5 Å². The van der Waals surface area contributed by atoms with Crippen molar-refractivity contribution in [3.63, 3.8) is 0 Å². The summed E-state index contributed by atoms with van der Waals surface area (Å²) >= 11 is 0. The molecular weight excluding hydrogens is 101 g/mol. The Bertz CT molecular complexity index is 75.9. The minimum Gasteiger partial charge on any atom is -0.216 e. The van der Waals surface area contributed by atoms with Crippen LogP contribution in [0.4, 0.5) is 4.20 Å². The molecule has 6 heavy (non-hydrogen) atoms. The summed E-state index contributed by atoms with van der Waals surface area (Å²) in [6.45, 7) is 3.24. The highest BCUT2D eigenvalue weighted by Crippen LogP contribution is 2.75.